The monoisotopic (exact) mass is 189 g/mol. The number of carbonyl (C=O) groups excluding carboxylic acids is 1. The molecule has 0 bridgehead atoms. The van der Waals surface area contributed by atoms with E-state index in [0.29, 0.717) is 12.3 Å². The summed E-state index contributed by atoms with van der Waals surface area (Å²) >= 11 is 0. The van der Waals surface area contributed by atoms with Gasteiger partial charge in [0.05, 0.1) is 0 Å². The number of rotatable bonds is 4. The van der Waals surface area contributed by atoms with Gasteiger partial charge in [0, 0.05) is 6.42 Å². The second-order valence-corrected chi connectivity index (χ2v) is 2.52. The molecule has 0 fully saturated rings. The van der Waals surface area contributed by atoms with Gasteiger partial charge in [-0.25, -0.2) is 0 Å². The summed E-state index contributed by atoms with van der Waals surface area (Å²) in [7, 11) is 0. The van der Waals surface area contributed by atoms with E-state index in [1.165, 1.54) is 0 Å². The van der Waals surface area contributed by atoms with E-state index in [2.05, 4.69) is 13.8 Å². The molecule has 0 rings (SSSR count). The van der Waals surface area contributed by atoms with E-state index >= 15 is 0 Å². The molecule has 0 heterocycles. The van der Waals surface area contributed by atoms with Crippen molar-refractivity contribution in [3.8, 4) is 0 Å². The number of amides is 1. The molecule has 1 unspecified atom stereocenters. The van der Waals surface area contributed by atoms with Crippen molar-refractivity contribution < 1.29 is 4.79 Å². The SMILES string of the molecule is CC.CC.CCC(C)CCC(N)=O. The highest BCUT2D eigenvalue weighted by Crippen LogP contribution is 2.07. The predicted molar refractivity (Wildman–Crippen MR) is 60.6 cm³/mol. The third-order valence-electron chi connectivity index (χ3n) is 1.58. The lowest BCUT2D eigenvalue weighted by Crippen LogP contribution is -2.11. The van der Waals surface area contributed by atoms with Gasteiger partial charge in [-0.2, -0.15) is 0 Å². The van der Waals surface area contributed by atoms with Crippen LogP contribution in [-0.2, 0) is 4.79 Å². The summed E-state index contributed by atoms with van der Waals surface area (Å²) in [6, 6.07) is 0. The van der Waals surface area contributed by atoms with E-state index in [1.807, 2.05) is 27.7 Å². The summed E-state index contributed by atoms with van der Waals surface area (Å²) < 4.78 is 0. The Bertz CT molecular complexity index is 92.1. The molecule has 82 valence electrons. The Balaban J connectivity index is -0.000000218. The molecule has 0 aliphatic heterocycles. The zero-order valence-corrected chi connectivity index (χ0v) is 10.2. The van der Waals surface area contributed by atoms with E-state index in [4.69, 9.17) is 5.73 Å². The summed E-state index contributed by atoms with van der Waals surface area (Å²) in [4.78, 5) is 10.2. The lowest BCUT2D eigenvalue weighted by atomic mass is 10.0. The van der Waals surface area contributed by atoms with E-state index in [-0.39, 0.29) is 5.91 Å². The molecule has 0 saturated carbocycles. The lowest BCUT2D eigenvalue weighted by Gasteiger charge is -2.03. The van der Waals surface area contributed by atoms with Crippen molar-refractivity contribution in [2.45, 2.75) is 60.8 Å². The summed E-state index contributed by atoms with van der Waals surface area (Å²) in [6.45, 7) is 12.2. The second kappa shape index (κ2) is 17.5. The van der Waals surface area contributed by atoms with Gasteiger partial charge >= 0.3 is 0 Å². The highest BCUT2D eigenvalue weighted by Gasteiger charge is 1.99. The zero-order chi connectivity index (χ0) is 11.3. The molecule has 0 aliphatic carbocycles. The maximum Gasteiger partial charge on any atom is 0.217 e. The largest absolute Gasteiger partial charge is 0.370 e. The summed E-state index contributed by atoms with van der Waals surface area (Å²) in [5.41, 5.74) is 4.96. The van der Waals surface area contributed by atoms with Crippen molar-refractivity contribution in [1.82, 2.24) is 0 Å². The van der Waals surface area contributed by atoms with E-state index < -0.39 is 0 Å². The normalized spacial score (nSPS) is 10.0. The van der Waals surface area contributed by atoms with Gasteiger partial charge in [0.1, 0.15) is 0 Å². The van der Waals surface area contributed by atoms with Crippen LogP contribution in [0.3, 0.4) is 0 Å². The van der Waals surface area contributed by atoms with Gasteiger partial charge in [-0.15, -0.1) is 0 Å². The minimum atomic E-state index is -0.185. The van der Waals surface area contributed by atoms with Crippen LogP contribution in [0.5, 0.6) is 0 Å². The molecule has 2 N–H and O–H groups in total. The van der Waals surface area contributed by atoms with Crippen molar-refractivity contribution in [2.75, 3.05) is 0 Å². The molecule has 0 aliphatic rings. The molecule has 0 spiro atoms. The second-order valence-electron chi connectivity index (χ2n) is 2.52. The number of primary amides is 1. The van der Waals surface area contributed by atoms with E-state index in [1.54, 1.807) is 0 Å². The van der Waals surface area contributed by atoms with Crippen LogP contribution in [-0.4, -0.2) is 5.91 Å². The average Bonchev–Trinajstić information content (AvgIpc) is 2.20. The smallest absolute Gasteiger partial charge is 0.217 e. The van der Waals surface area contributed by atoms with Crippen LogP contribution in [0.4, 0.5) is 0 Å². The van der Waals surface area contributed by atoms with Crippen molar-refractivity contribution in [3.05, 3.63) is 0 Å². The predicted octanol–water partition coefficient (Wildman–Crippen LogP) is 3.35. The number of hydrogen-bond acceptors (Lipinski definition) is 1. The summed E-state index contributed by atoms with van der Waals surface area (Å²) in [5.74, 6) is 0.452. The summed E-state index contributed by atoms with van der Waals surface area (Å²) in [6.07, 6.45) is 2.61. The molecule has 0 aromatic rings. The van der Waals surface area contributed by atoms with Gasteiger partial charge in [0.25, 0.3) is 0 Å². The third-order valence-corrected chi connectivity index (χ3v) is 1.58. The Morgan fingerprint density at radius 1 is 1.23 bits per heavy atom. The van der Waals surface area contributed by atoms with Crippen LogP contribution in [0.2, 0.25) is 0 Å². The molecule has 13 heavy (non-hydrogen) atoms. The van der Waals surface area contributed by atoms with Crippen LogP contribution in [0.15, 0.2) is 0 Å². The number of hydrogen-bond donors (Lipinski definition) is 1. The van der Waals surface area contributed by atoms with Crippen LogP contribution < -0.4 is 5.73 Å². The summed E-state index contributed by atoms with van der Waals surface area (Å²) in [5, 5.41) is 0. The Kier molecular flexibility index (Phi) is 24.7. The maximum atomic E-state index is 10.2. The van der Waals surface area contributed by atoms with Gasteiger partial charge in [-0.05, 0) is 12.3 Å². The minimum Gasteiger partial charge on any atom is -0.370 e. The Morgan fingerprint density at radius 3 is 1.85 bits per heavy atom. The van der Waals surface area contributed by atoms with Crippen LogP contribution in [0.25, 0.3) is 0 Å². The fraction of sp³-hybridized carbons (Fsp3) is 0.909. The highest BCUT2D eigenvalue weighted by molar-refractivity contribution is 5.73. The Hall–Kier alpha value is -0.530. The van der Waals surface area contributed by atoms with Crippen LogP contribution >= 0.6 is 0 Å². The minimum absolute atomic E-state index is 0.185. The quantitative estimate of drug-likeness (QED) is 0.724. The number of nitrogens with two attached hydrogens (primary N) is 1. The fourth-order valence-electron chi connectivity index (χ4n) is 0.593. The van der Waals surface area contributed by atoms with Gasteiger partial charge in [0.2, 0.25) is 5.91 Å². The maximum absolute atomic E-state index is 10.2. The Labute approximate surface area is 83.9 Å². The topological polar surface area (TPSA) is 43.1 Å². The highest BCUT2D eigenvalue weighted by atomic mass is 16.1. The molecule has 0 aromatic heterocycles. The van der Waals surface area contributed by atoms with Gasteiger partial charge in [-0.1, -0.05) is 48.0 Å². The first-order valence-corrected chi connectivity index (χ1v) is 5.45. The standard InChI is InChI=1S/C7H15NO.2C2H6/c1-3-6(2)4-5-7(8)9;2*1-2/h6H,3-5H2,1-2H3,(H2,8,9);2*1-2H3. The fourth-order valence-corrected chi connectivity index (χ4v) is 0.593. The first-order valence-electron chi connectivity index (χ1n) is 5.45. The molecule has 1 atom stereocenters. The molecule has 2 nitrogen and oxygen atoms in total. The first-order chi connectivity index (χ1) is 6.16. The van der Waals surface area contributed by atoms with Gasteiger partial charge in [-0.3, -0.25) is 4.79 Å². The van der Waals surface area contributed by atoms with Crippen LogP contribution in [0.1, 0.15) is 60.8 Å². The van der Waals surface area contributed by atoms with E-state index in [9.17, 15) is 4.79 Å². The Morgan fingerprint density at radius 2 is 1.62 bits per heavy atom. The molecule has 1 amide bonds. The molecule has 0 radical (unpaired) electrons. The average molecular weight is 189 g/mol. The van der Waals surface area contributed by atoms with Gasteiger partial charge < -0.3 is 5.73 Å². The van der Waals surface area contributed by atoms with Crippen molar-refractivity contribution >= 4 is 5.91 Å². The van der Waals surface area contributed by atoms with E-state index in [0.717, 1.165) is 12.8 Å². The number of carbonyl (C=O) groups is 1. The molecule has 2 heteroatoms. The van der Waals surface area contributed by atoms with Gasteiger partial charge in [0.15, 0.2) is 0 Å². The molecule has 0 saturated heterocycles. The van der Waals surface area contributed by atoms with Crippen molar-refractivity contribution in [1.29, 1.82) is 0 Å². The zero-order valence-electron chi connectivity index (χ0n) is 10.2. The third kappa shape index (κ3) is 24.6. The molecule has 0 aromatic carbocycles. The molecular weight excluding hydrogens is 162 g/mol. The van der Waals surface area contributed by atoms with Crippen molar-refractivity contribution in [2.24, 2.45) is 11.7 Å². The van der Waals surface area contributed by atoms with Crippen molar-refractivity contribution in [3.63, 3.8) is 0 Å². The molecular formula is C11H27NO. The van der Waals surface area contributed by atoms with Crippen LogP contribution in [0, 0.1) is 5.92 Å². The first kappa shape index (κ1) is 18.3. The lowest BCUT2D eigenvalue weighted by molar-refractivity contribution is -0.118.